The molecule has 4 nitrogen and oxygen atoms in total. The Morgan fingerprint density at radius 1 is 1.26 bits per heavy atom. The fraction of sp³-hybridized carbons (Fsp3) is 0.714. The first kappa shape index (κ1) is 11.7. The highest BCUT2D eigenvalue weighted by Crippen LogP contribution is 2.56. The molecular weight excluding hydrogens is 260 g/mol. The lowest BCUT2D eigenvalue weighted by atomic mass is 9.53. The van der Waals surface area contributed by atoms with Gasteiger partial charge in [-0.05, 0) is 56.3 Å². The summed E-state index contributed by atoms with van der Waals surface area (Å²) < 4.78 is 0. The first-order valence-electron chi connectivity index (χ1n) is 7.09. The van der Waals surface area contributed by atoms with Gasteiger partial charge in [-0.3, -0.25) is 0 Å². The van der Waals surface area contributed by atoms with Crippen LogP contribution in [0.15, 0.2) is 5.38 Å². The molecule has 4 fully saturated rings. The lowest BCUT2D eigenvalue weighted by Gasteiger charge is -2.56. The Bertz CT molecular complexity index is 490. The van der Waals surface area contributed by atoms with Gasteiger partial charge in [0.25, 0.3) is 0 Å². The van der Waals surface area contributed by atoms with Crippen LogP contribution in [0.2, 0.25) is 0 Å². The van der Waals surface area contributed by atoms with Crippen LogP contribution in [0.3, 0.4) is 0 Å². The van der Waals surface area contributed by atoms with Crippen molar-refractivity contribution in [3.05, 3.63) is 11.1 Å². The van der Waals surface area contributed by atoms with E-state index in [4.69, 9.17) is 5.11 Å². The SMILES string of the molecule is O=C(O)c1csc(NC23CC4CC(CC(C4)C2)C3)n1. The van der Waals surface area contributed by atoms with Crippen LogP contribution in [-0.2, 0) is 0 Å². The number of aromatic carboxylic acids is 1. The number of aromatic nitrogens is 1. The van der Waals surface area contributed by atoms with E-state index in [0.29, 0.717) is 0 Å². The first-order chi connectivity index (χ1) is 9.12. The topological polar surface area (TPSA) is 62.2 Å². The summed E-state index contributed by atoms with van der Waals surface area (Å²) in [6.45, 7) is 0. The van der Waals surface area contributed by atoms with Crippen LogP contribution in [0.1, 0.15) is 49.0 Å². The van der Waals surface area contributed by atoms with Crippen LogP contribution in [0.25, 0.3) is 0 Å². The van der Waals surface area contributed by atoms with E-state index in [1.165, 1.54) is 49.9 Å². The van der Waals surface area contributed by atoms with Crippen LogP contribution < -0.4 is 5.32 Å². The standard InChI is InChI=1S/C14H18N2O2S/c17-12(18)11-7-19-13(15-11)16-14-4-8-1-9(5-14)3-10(2-8)6-14/h7-10H,1-6H2,(H,15,16)(H,17,18). The van der Waals surface area contributed by atoms with E-state index < -0.39 is 5.97 Å². The summed E-state index contributed by atoms with van der Waals surface area (Å²) in [5, 5.41) is 15.0. The molecule has 0 amide bonds. The molecule has 0 aromatic carbocycles. The fourth-order valence-corrected chi connectivity index (χ4v) is 5.72. The number of nitrogens with zero attached hydrogens (tertiary/aromatic N) is 1. The average molecular weight is 278 g/mol. The van der Waals surface area contributed by atoms with Gasteiger partial charge >= 0.3 is 5.97 Å². The second-order valence-corrected chi connectivity index (χ2v) is 7.52. The second-order valence-electron chi connectivity index (χ2n) is 6.67. The summed E-state index contributed by atoms with van der Waals surface area (Å²) in [6, 6.07) is 0. The van der Waals surface area contributed by atoms with Crippen molar-refractivity contribution in [3.8, 4) is 0 Å². The third-order valence-corrected chi connectivity index (χ3v) is 5.89. The van der Waals surface area contributed by atoms with E-state index in [1.807, 2.05) is 0 Å². The molecule has 0 unspecified atom stereocenters. The van der Waals surface area contributed by atoms with Crippen molar-refractivity contribution in [2.45, 2.75) is 44.1 Å². The molecule has 4 aliphatic carbocycles. The highest BCUT2D eigenvalue weighted by atomic mass is 32.1. The second kappa shape index (κ2) is 3.95. The van der Waals surface area contributed by atoms with E-state index in [2.05, 4.69) is 10.3 Å². The summed E-state index contributed by atoms with van der Waals surface area (Å²) in [5.74, 6) is 1.72. The molecule has 102 valence electrons. The van der Waals surface area contributed by atoms with Gasteiger partial charge in [0.15, 0.2) is 10.8 Å². The van der Waals surface area contributed by atoms with E-state index in [0.717, 1.165) is 22.9 Å². The Hall–Kier alpha value is -1.10. The maximum atomic E-state index is 10.9. The van der Waals surface area contributed by atoms with Crippen LogP contribution in [0.5, 0.6) is 0 Å². The summed E-state index contributed by atoms with van der Waals surface area (Å²) in [5.41, 5.74) is 0.375. The minimum Gasteiger partial charge on any atom is -0.476 e. The van der Waals surface area contributed by atoms with Crippen molar-refractivity contribution >= 4 is 22.4 Å². The number of carbonyl (C=O) groups is 1. The molecule has 1 heterocycles. The van der Waals surface area contributed by atoms with Crippen LogP contribution in [-0.4, -0.2) is 21.6 Å². The summed E-state index contributed by atoms with van der Waals surface area (Å²) >= 11 is 1.42. The van der Waals surface area contributed by atoms with E-state index >= 15 is 0 Å². The molecule has 5 heteroatoms. The normalized spacial score (nSPS) is 39.5. The zero-order valence-corrected chi connectivity index (χ0v) is 11.6. The number of anilines is 1. The van der Waals surface area contributed by atoms with Gasteiger partial charge in [0.05, 0.1) is 0 Å². The number of carboxylic acid groups (broad SMARTS) is 1. The lowest BCUT2D eigenvalue weighted by molar-refractivity contribution is 0.0107. The van der Waals surface area contributed by atoms with Gasteiger partial charge in [0, 0.05) is 10.9 Å². The first-order valence-corrected chi connectivity index (χ1v) is 7.97. The van der Waals surface area contributed by atoms with Gasteiger partial charge in [-0.1, -0.05) is 0 Å². The molecule has 0 radical (unpaired) electrons. The van der Waals surface area contributed by atoms with Crippen LogP contribution >= 0.6 is 11.3 Å². The molecule has 4 bridgehead atoms. The maximum absolute atomic E-state index is 10.9. The molecule has 0 atom stereocenters. The van der Waals surface area contributed by atoms with Crippen molar-refractivity contribution in [3.63, 3.8) is 0 Å². The van der Waals surface area contributed by atoms with E-state index in [-0.39, 0.29) is 11.2 Å². The predicted octanol–water partition coefficient (Wildman–Crippen LogP) is 3.22. The number of hydrogen-bond donors (Lipinski definition) is 2. The number of thiazole rings is 1. The molecule has 0 spiro atoms. The number of carboxylic acids is 1. The van der Waals surface area contributed by atoms with Gasteiger partial charge < -0.3 is 10.4 Å². The minimum atomic E-state index is -0.935. The fourth-order valence-electron chi connectivity index (χ4n) is 4.92. The smallest absolute Gasteiger partial charge is 0.355 e. The summed E-state index contributed by atoms with van der Waals surface area (Å²) in [7, 11) is 0. The molecule has 19 heavy (non-hydrogen) atoms. The van der Waals surface area contributed by atoms with Gasteiger partial charge in [-0.25, -0.2) is 9.78 Å². The average Bonchev–Trinajstić information content (AvgIpc) is 2.74. The van der Waals surface area contributed by atoms with E-state index in [1.54, 1.807) is 5.38 Å². The number of hydrogen-bond acceptors (Lipinski definition) is 4. The molecule has 1 aromatic heterocycles. The van der Waals surface area contributed by atoms with Crippen LogP contribution in [0, 0.1) is 17.8 Å². The molecule has 0 saturated heterocycles. The molecule has 4 aliphatic rings. The molecule has 0 aliphatic heterocycles. The Morgan fingerprint density at radius 3 is 2.32 bits per heavy atom. The van der Waals surface area contributed by atoms with Crippen LogP contribution in [0.4, 0.5) is 5.13 Å². The van der Waals surface area contributed by atoms with Crippen molar-refractivity contribution < 1.29 is 9.90 Å². The highest BCUT2D eigenvalue weighted by molar-refractivity contribution is 7.13. The molecule has 5 rings (SSSR count). The minimum absolute atomic E-state index is 0.164. The monoisotopic (exact) mass is 278 g/mol. The third kappa shape index (κ3) is 1.95. The number of rotatable bonds is 3. The zero-order valence-electron chi connectivity index (χ0n) is 10.8. The molecular formula is C14H18N2O2S. The van der Waals surface area contributed by atoms with E-state index in [9.17, 15) is 4.79 Å². The molecule has 2 N–H and O–H groups in total. The van der Waals surface area contributed by atoms with Gasteiger partial charge in [0.2, 0.25) is 0 Å². The van der Waals surface area contributed by atoms with Gasteiger partial charge in [0.1, 0.15) is 0 Å². The Balaban J connectivity index is 1.57. The quantitative estimate of drug-likeness (QED) is 0.891. The third-order valence-electron chi connectivity index (χ3n) is 5.13. The van der Waals surface area contributed by atoms with Crippen molar-refractivity contribution in [2.24, 2.45) is 17.8 Å². The Morgan fingerprint density at radius 2 is 1.84 bits per heavy atom. The summed E-state index contributed by atoms with van der Waals surface area (Å²) in [6.07, 6.45) is 8.00. The highest BCUT2D eigenvalue weighted by Gasteiger charge is 2.51. The molecule has 4 saturated carbocycles. The van der Waals surface area contributed by atoms with Crippen molar-refractivity contribution in [1.29, 1.82) is 0 Å². The lowest BCUT2D eigenvalue weighted by Crippen LogP contribution is -2.54. The van der Waals surface area contributed by atoms with Crippen molar-refractivity contribution in [1.82, 2.24) is 4.98 Å². The van der Waals surface area contributed by atoms with Crippen molar-refractivity contribution in [2.75, 3.05) is 5.32 Å². The summed E-state index contributed by atoms with van der Waals surface area (Å²) in [4.78, 5) is 15.1. The van der Waals surface area contributed by atoms with Gasteiger partial charge in [-0.2, -0.15) is 0 Å². The maximum Gasteiger partial charge on any atom is 0.355 e. The number of nitrogens with one attached hydrogen (secondary N) is 1. The van der Waals surface area contributed by atoms with Gasteiger partial charge in [-0.15, -0.1) is 11.3 Å². The Labute approximate surface area is 116 Å². The zero-order chi connectivity index (χ0) is 13.0. The molecule has 1 aromatic rings. The largest absolute Gasteiger partial charge is 0.476 e. The Kier molecular flexibility index (Phi) is 2.43. The predicted molar refractivity (Wildman–Crippen MR) is 73.6 cm³/mol.